The quantitative estimate of drug-likeness (QED) is 0.681. The summed E-state index contributed by atoms with van der Waals surface area (Å²) >= 11 is 0. The molecule has 1 atom stereocenters. The summed E-state index contributed by atoms with van der Waals surface area (Å²) in [6.07, 6.45) is 6.10. The molecule has 27 heavy (non-hydrogen) atoms. The standard InChI is InChI=1S/C19H30N4O4/c1-13(2)9-15(11-24)21-19(25)27-16-10-20-17(23-7-3-4-8-23)18(22-16)26-12-14-5-6-14/h10,13-15,24H,3-9,11-12H2,1-2H3,(H,21,25)/t15-/m0/s1. The molecule has 1 aliphatic heterocycles. The number of aliphatic hydroxyl groups excluding tert-OH is 1. The number of anilines is 1. The van der Waals surface area contributed by atoms with Crippen molar-refractivity contribution in [2.75, 3.05) is 31.2 Å². The molecule has 1 saturated heterocycles. The number of ether oxygens (including phenoxy) is 2. The van der Waals surface area contributed by atoms with Crippen molar-refractivity contribution in [2.45, 2.75) is 52.0 Å². The first-order valence-corrected chi connectivity index (χ1v) is 9.89. The van der Waals surface area contributed by atoms with Gasteiger partial charge in [-0.05, 0) is 43.9 Å². The molecule has 1 aliphatic carbocycles. The van der Waals surface area contributed by atoms with Gasteiger partial charge in [0, 0.05) is 13.1 Å². The monoisotopic (exact) mass is 378 g/mol. The number of amides is 1. The lowest BCUT2D eigenvalue weighted by Crippen LogP contribution is -2.40. The smallest absolute Gasteiger partial charge is 0.414 e. The summed E-state index contributed by atoms with van der Waals surface area (Å²) in [4.78, 5) is 23.1. The van der Waals surface area contributed by atoms with Crippen molar-refractivity contribution in [3.05, 3.63) is 6.20 Å². The Balaban J connectivity index is 1.65. The molecule has 2 heterocycles. The van der Waals surface area contributed by atoms with Gasteiger partial charge in [0.05, 0.1) is 25.5 Å². The number of hydrogen-bond acceptors (Lipinski definition) is 7. The van der Waals surface area contributed by atoms with E-state index in [9.17, 15) is 9.90 Å². The van der Waals surface area contributed by atoms with Crippen LogP contribution < -0.4 is 19.7 Å². The Morgan fingerprint density at radius 3 is 2.74 bits per heavy atom. The van der Waals surface area contributed by atoms with Gasteiger partial charge in [-0.25, -0.2) is 9.78 Å². The number of rotatable bonds is 9. The number of nitrogens with zero attached hydrogens (tertiary/aromatic N) is 3. The Bertz CT molecular complexity index is 630. The second-order valence-corrected chi connectivity index (χ2v) is 7.83. The summed E-state index contributed by atoms with van der Waals surface area (Å²) < 4.78 is 11.2. The summed E-state index contributed by atoms with van der Waals surface area (Å²) in [5.41, 5.74) is 0. The molecular formula is C19H30N4O4. The summed E-state index contributed by atoms with van der Waals surface area (Å²) in [6, 6.07) is -0.347. The van der Waals surface area contributed by atoms with Gasteiger partial charge in [-0.15, -0.1) is 0 Å². The molecule has 1 saturated carbocycles. The van der Waals surface area contributed by atoms with E-state index in [1.165, 1.54) is 19.0 Å². The van der Waals surface area contributed by atoms with Crippen LogP contribution in [-0.2, 0) is 0 Å². The molecule has 0 aromatic carbocycles. The first-order chi connectivity index (χ1) is 13.0. The number of aromatic nitrogens is 2. The minimum absolute atomic E-state index is 0.0995. The molecule has 2 aliphatic rings. The Morgan fingerprint density at radius 2 is 2.11 bits per heavy atom. The van der Waals surface area contributed by atoms with E-state index >= 15 is 0 Å². The lowest BCUT2D eigenvalue weighted by molar-refractivity contribution is 0.175. The van der Waals surface area contributed by atoms with Crippen LogP contribution in [0.1, 0.15) is 46.0 Å². The first kappa shape index (κ1) is 19.7. The molecule has 0 spiro atoms. The van der Waals surface area contributed by atoms with Gasteiger partial charge < -0.3 is 24.8 Å². The van der Waals surface area contributed by atoms with Crippen molar-refractivity contribution in [3.8, 4) is 11.8 Å². The number of nitrogens with one attached hydrogen (secondary N) is 1. The fourth-order valence-electron chi connectivity index (χ4n) is 3.16. The molecule has 1 aromatic heterocycles. The van der Waals surface area contributed by atoms with Crippen molar-refractivity contribution >= 4 is 11.9 Å². The highest BCUT2D eigenvalue weighted by atomic mass is 16.6. The van der Waals surface area contributed by atoms with Crippen molar-refractivity contribution in [3.63, 3.8) is 0 Å². The topological polar surface area (TPSA) is 96.8 Å². The number of aliphatic hydroxyl groups is 1. The van der Waals surface area contributed by atoms with Crippen LogP contribution in [0.25, 0.3) is 0 Å². The molecule has 0 unspecified atom stereocenters. The van der Waals surface area contributed by atoms with Gasteiger partial charge in [0.25, 0.3) is 5.88 Å². The van der Waals surface area contributed by atoms with Crippen LogP contribution in [0.15, 0.2) is 6.20 Å². The highest BCUT2D eigenvalue weighted by Gasteiger charge is 2.26. The zero-order valence-electron chi connectivity index (χ0n) is 16.2. The van der Waals surface area contributed by atoms with E-state index in [-0.39, 0.29) is 18.5 Å². The molecular weight excluding hydrogens is 348 g/mol. The Kier molecular flexibility index (Phi) is 6.71. The third kappa shape index (κ3) is 5.95. The second kappa shape index (κ2) is 9.21. The predicted octanol–water partition coefficient (Wildman–Crippen LogP) is 2.36. The van der Waals surface area contributed by atoms with Gasteiger partial charge >= 0.3 is 6.09 Å². The summed E-state index contributed by atoms with van der Waals surface area (Å²) in [5.74, 6) is 2.18. The highest BCUT2D eigenvalue weighted by Crippen LogP contribution is 2.33. The Labute approximate surface area is 160 Å². The number of carbonyl (C=O) groups is 1. The van der Waals surface area contributed by atoms with Crippen LogP contribution in [0, 0.1) is 11.8 Å². The lowest BCUT2D eigenvalue weighted by atomic mass is 10.0. The molecule has 0 bridgehead atoms. The molecule has 2 fully saturated rings. The molecule has 150 valence electrons. The van der Waals surface area contributed by atoms with Crippen LogP contribution in [0.4, 0.5) is 10.6 Å². The fraction of sp³-hybridized carbons (Fsp3) is 0.737. The summed E-state index contributed by atoms with van der Waals surface area (Å²) in [6.45, 7) is 6.41. The van der Waals surface area contributed by atoms with Crippen LogP contribution in [-0.4, -0.2) is 53.5 Å². The minimum Gasteiger partial charge on any atom is -0.475 e. The largest absolute Gasteiger partial charge is 0.475 e. The lowest BCUT2D eigenvalue weighted by Gasteiger charge is -2.20. The average molecular weight is 378 g/mol. The van der Waals surface area contributed by atoms with Crippen molar-refractivity contribution < 1.29 is 19.4 Å². The maximum Gasteiger partial charge on any atom is 0.414 e. The van der Waals surface area contributed by atoms with E-state index in [0.29, 0.717) is 36.6 Å². The van der Waals surface area contributed by atoms with Crippen LogP contribution in [0.3, 0.4) is 0 Å². The number of hydrogen-bond donors (Lipinski definition) is 2. The van der Waals surface area contributed by atoms with Gasteiger partial charge in [-0.3, -0.25) is 0 Å². The summed E-state index contributed by atoms with van der Waals surface area (Å²) in [5, 5.41) is 12.1. The average Bonchev–Trinajstić information content (AvgIpc) is 3.31. The first-order valence-electron chi connectivity index (χ1n) is 9.89. The van der Waals surface area contributed by atoms with Gasteiger partial charge in [-0.1, -0.05) is 13.8 Å². The SMILES string of the molecule is CC(C)C[C@@H](CO)NC(=O)Oc1cnc(N2CCCC2)c(OCC2CC2)n1. The minimum atomic E-state index is -0.647. The van der Waals surface area contributed by atoms with Crippen LogP contribution >= 0.6 is 0 Å². The van der Waals surface area contributed by atoms with E-state index in [4.69, 9.17) is 9.47 Å². The molecule has 3 rings (SSSR count). The van der Waals surface area contributed by atoms with Gasteiger partial charge in [0.2, 0.25) is 5.88 Å². The van der Waals surface area contributed by atoms with Crippen molar-refractivity contribution in [1.29, 1.82) is 0 Å². The zero-order chi connectivity index (χ0) is 19.2. The highest BCUT2D eigenvalue weighted by molar-refractivity contribution is 5.70. The van der Waals surface area contributed by atoms with E-state index in [1.807, 2.05) is 13.8 Å². The van der Waals surface area contributed by atoms with E-state index < -0.39 is 6.09 Å². The predicted molar refractivity (Wildman–Crippen MR) is 101 cm³/mol. The van der Waals surface area contributed by atoms with Crippen LogP contribution in [0.5, 0.6) is 11.8 Å². The Morgan fingerprint density at radius 1 is 1.37 bits per heavy atom. The van der Waals surface area contributed by atoms with E-state index in [0.717, 1.165) is 25.9 Å². The van der Waals surface area contributed by atoms with Gasteiger partial charge in [0.15, 0.2) is 5.82 Å². The third-order valence-electron chi connectivity index (χ3n) is 4.75. The third-order valence-corrected chi connectivity index (χ3v) is 4.75. The van der Waals surface area contributed by atoms with Gasteiger partial charge in [-0.2, -0.15) is 4.98 Å². The molecule has 0 radical (unpaired) electrons. The van der Waals surface area contributed by atoms with Crippen molar-refractivity contribution in [1.82, 2.24) is 15.3 Å². The van der Waals surface area contributed by atoms with Crippen LogP contribution in [0.2, 0.25) is 0 Å². The molecule has 8 heteroatoms. The fourth-order valence-corrected chi connectivity index (χ4v) is 3.16. The number of carbonyl (C=O) groups excluding carboxylic acids is 1. The molecule has 1 amide bonds. The Hall–Kier alpha value is -2.09. The second-order valence-electron chi connectivity index (χ2n) is 7.83. The molecule has 8 nitrogen and oxygen atoms in total. The van der Waals surface area contributed by atoms with E-state index in [2.05, 4.69) is 20.2 Å². The van der Waals surface area contributed by atoms with Gasteiger partial charge in [0.1, 0.15) is 0 Å². The van der Waals surface area contributed by atoms with E-state index in [1.54, 1.807) is 0 Å². The normalized spacial score (nSPS) is 17.9. The molecule has 1 aromatic rings. The molecule has 2 N–H and O–H groups in total. The zero-order valence-corrected chi connectivity index (χ0v) is 16.2. The summed E-state index contributed by atoms with van der Waals surface area (Å²) in [7, 11) is 0. The maximum absolute atomic E-state index is 12.1. The van der Waals surface area contributed by atoms with Crippen molar-refractivity contribution in [2.24, 2.45) is 11.8 Å². The maximum atomic E-state index is 12.1.